The molecule has 1 unspecified atom stereocenters. The molecule has 1 saturated carbocycles. The minimum atomic E-state index is -0.790. The molecule has 1 aromatic heterocycles. The van der Waals surface area contributed by atoms with Gasteiger partial charge in [0.25, 0.3) is 0 Å². The summed E-state index contributed by atoms with van der Waals surface area (Å²) in [4.78, 5) is 24.1. The minimum Gasteiger partial charge on any atom is -0.481 e. The highest BCUT2D eigenvalue weighted by atomic mass is 32.1. The number of hydrogen-bond donors (Lipinski definition) is 3. The van der Waals surface area contributed by atoms with E-state index in [1.165, 1.54) is 0 Å². The Labute approximate surface area is 128 Å². The monoisotopic (exact) mass is 310 g/mol. The van der Waals surface area contributed by atoms with E-state index in [9.17, 15) is 9.59 Å². The zero-order chi connectivity index (χ0) is 15.3. The van der Waals surface area contributed by atoms with Gasteiger partial charge in [0.1, 0.15) is 0 Å². The zero-order valence-corrected chi connectivity index (χ0v) is 13.0. The standard InChI is InChI=1S/C15H22N2O3S/c1-2-11(12-5-3-8-21-12)17-14(20)16-10-15(6-4-7-15)9-13(18)19/h3,5,8,11H,2,4,6-7,9-10H2,1H3,(H,18,19)(H2,16,17,20). The summed E-state index contributed by atoms with van der Waals surface area (Å²) < 4.78 is 0. The summed E-state index contributed by atoms with van der Waals surface area (Å²) in [6.07, 6.45) is 3.76. The van der Waals surface area contributed by atoms with Crippen LogP contribution in [0.15, 0.2) is 17.5 Å². The highest BCUT2D eigenvalue weighted by molar-refractivity contribution is 7.10. The molecule has 1 atom stereocenters. The number of rotatable bonds is 7. The quantitative estimate of drug-likeness (QED) is 0.724. The maximum Gasteiger partial charge on any atom is 0.315 e. The molecule has 116 valence electrons. The number of nitrogens with one attached hydrogen (secondary N) is 2. The summed E-state index contributed by atoms with van der Waals surface area (Å²) >= 11 is 1.63. The molecule has 1 aromatic rings. The molecular weight excluding hydrogens is 288 g/mol. The highest BCUT2D eigenvalue weighted by Gasteiger charge is 2.39. The first-order chi connectivity index (χ1) is 10.0. The first-order valence-corrected chi connectivity index (χ1v) is 8.22. The third kappa shape index (κ3) is 4.20. The molecule has 0 aliphatic heterocycles. The van der Waals surface area contributed by atoms with Gasteiger partial charge in [0, 0.05) is 11.4 Å². The number of carbonyl (C=O) groups is 2. The van der Waals surface area contributed by atoms with Crippen LogP contribution >= 0.6 is 11.3 Å². The van der Waals surface area contributed by atoms with Crippen LogP contribution < -0.4 is 10.6 Å². The number of thiophene rings is 1. The van der Waals surface area contributed by atoms with Gasteiger partial charge in [-0.3, -0.25) is 4.79 Å². The highest BCUT2D eigenvalue weighted by Crippen LogP contribution is 2.43. The first kappa shape index (κ1) is 15.8. The van der Waals surface area contributed by atoms with Crippen molar-refractivity contribution in [3.63, 3.8) is 0 Å². The van der Waals surface area contributed by atoms with Crippen molar-refractivity contribution in [3.05, 3.63) is 22.4 Å². The van der Waals surface area contributed by atoms with Crippen molar-refractivity contribution >= 4 is 23.3 Å². The number of amides is 2. The van der Waals surface area contributed by atoms with Gasteiger partial charge in [0.15, 0.2) is 0 Å². The lowest BCUT2D eigenvalue weighted by atomic mass is 9.66. The van der Waals surface area contributed by atoms with Crippen LogP contribution in [0.25, 0.3) is 0 Å². The van der Waals surface area contributed by atoms with E-state index < -0.39 is 5.97 Å². The van der Waals surface area contributed by atoms with Gasteiger partial charge in [-0.15, -0.1) is 11.3 Å². The Hall–Kier alpha value is -1.56. The minimum absolute atomic E-state index is 0.0156. The third-order valence-corrected chi connectivity index (χ3v) is 5.15. The van der Waals surface area contributed by atoms with Gasteiger partial charge in [-0.2, -0.15) is 0 Å². The van der Waals surface area contributed by atoms with E-state index in [4.69, 9.17) is 5.11 Å². The largest absolute Gasteiger partial charge is 0.481 e. The van der Waals surface area contributed by atoms with E-state index in [1.807, 2.05) is 24.4 Å². The van der Waals surface area contributed by atoms with E-state index in [0.29, 0.717) is 6.54 Å². The molecule has 1 aliphatic rings. The molecule has 1 aliphatic carbocycles. The van der Waals surface area contributed by atoms with E-state index >= 15 is 0 Å². The molecule has 0 aromatic carbocycles. The lowest BCUT2D eigenvalue weighted by Crippen LogP contribution is -2.47. The average Bonchev–Trinajstić information content (AvgIpc) is 2.92. The fourth-order valence-corrected chi connectivity index (χ4v) is 3.62. The van der Waals surface area contributed by atoms with E-state index in [0.717, 1.165) is 30.6 Å². The van der Waals surface area contributed by atoms with Gasteiger partial charge in [0.05, 0.1) is 12.5 Å². The second kappa shape index (κ2) is 6.93. The Morgan fingerprint density at radius 3 is 2.71 bits per heavy atom. The number of urea groups is 1. The summed E-state index contributed by atoms with van der Waals surface area (Å²) in [5.74, 6) is -0.790. The number of hydrogen-bond acceptors (Lipinski definition) is 3. The summed E-state index contributed by atoms with van der Waals surface area (Å²) in [6, 6.07) is 3.78. The molecule has 0 saturated heterocycles. The first-order valence-electron chi connectivity index (χ1n) is 7.34. The molecule has 21 heavy (non-hydrogen) atoms. The SMILES string of the molecule is CCC(NC(=O)NCC1(CC(=O)O)CCC1)c1cccs1. The van der Waals surface area contributed by atoms with Gasteiger partial charge in [-0.1, -0.05) is 19.4 Å². The molecule has 6 heteroatoms. The molecule has 1 fully saturated rings. The van der Waals surface area contributed by atoms with E-state index in [-0.39, 0.29) is 23.9 Å². The van der Waals surface area contributed by atoms with Crippen molar-refractivity contribution in [2.24, 2.45) is 5.41 Å². The molecule has 2 amide bonds. The molecular formula is C15H22N2O3S. The predicted octanol–water partition coefficient (Wildman–Crippen LogP) is 3.14. The van der Waals surface area contributed by atoms with Crippen molar-refractivity contribution in [1.82, 2.24) is 10.6 Å². The van der Waals surface area contributed by atoms with Crippen molar-refractivity contribution in [3.8, 4) is 0 Å². The average molecular weight is 310 g/mol. The molecule has 5 nitrogen and oxygen atoms in total. The molecule has 2 rings (SSSR count). The van der Waals surface area contributed by atoms with E-state index in [1.54, 1.807) is 11.3 Å². The maximum atomic E-state index is 12.0. The molecule has 0 radical (unpaired) electrons. The third-order valence-electron chi connectivity index (χ3n) is 4.16. The lowest BCUT2D eigenvalue weighted by Gasteiger charge is -2.40. The van der Waals surface area contributed by atoms with Crippen LogP contribution in [0.3, 0.4) is 0 Å². The lowest BCUT2D eigenvalue weighted by molar-refractivity contribution is -0.141. The van der Waals surface area contributed by atoms with Crippen molar-refractivity contribution in [2.45, 2.75) is 45.1 Å². The van der Waals surface area contributed by atoms with Crippen molar-refractivity contribution in [2.75, 3.05) is 6.54 Å². The van der Waals surface area contributed by atoms with Gasteiger partial charge in [0.2, 0.25) is 0 Å². The second-order valence-corrected chi connectivity index (χ2v) is 6.71. The smallest absolute Gasteiger partial charge is 0.315 e. The van der Waals surface area contributed by atoms with E-state index in [2.05, 4.69) is 10.6 Å². The Morgan fingerprint density at radius 2 is 2.24 bits per heavy atom. The van der Waals surface area contributed by atoms with Crippen LogP contribution in [0.1, 0.15) is 49.9 Å². The van der Waals surface area contributed by atoms with Gasteiger partial charge >= 0.3 is 12.0 Å². The second-order valence-electron chi connectivity index (χ2n) is 5.73. The zero-order valence-electron chi connectivity index (χ0n) is 12.2. The van der Waals surface area contributed by atoms with Crippen LogP contribution in [0.5, 0.6) is 0 Å². The summed E-state index contributed by atoms with van der Waals surface area (Å²) in [7, 11) is 0. The van der Waals surface area contributed by atoms with Crippen LogP contribution in [-0.4, -0.2) is 23.7 Å². The number of carboxylic acids is 1. The summed E-state index contributed by atoms with van der Waals surface area (Å²) in [5, 5.41) is 16.8. The van der Waals surface area contributed by atoms with Crippen molar-refractivity contribution < 1.29 is 14.7 Å². The predicted molar refractivity (Wildman–Crippen MR) is 82.4 cm³/mol. The van der Waals surface area contributed by atoms with Gasteiger partial charge in [-0.25, -0.2) is 4.79 Å². The Morgan fingerprint density at radius 1 is 1.48 bits per heavy atom. The number of carboxylic acid groups (broad SMARTS) is 1. The molecule has 3 N–H and O–H groups in total. The van der Waals surface area contributed by atoms with Gasteiger partial charge in [-0.05, 0) is 36.1 Å². The number of aliphatic carboxylic acids is 1. The fraction of sp³-hybridized carbons (Fsp3) is 0.600. The van der Waals surface area contributed by atoms with Crippen LogP contribution in [0.2, 0.25) is 0 Å². The van der Waals surface area contributed by atoms with Gasteiger partial charge < -0.3 is 15.7 Å². The summed E-state index contributed by atoms with van der Waals surface area (Å²) in [5.41, 5.74) is -0.242. The molecule has 0 bridgehead atoms. The molecule has 0 spiro atoms. The Bertz CT molecular complexity index is 483. The fourth-order valence-electron chi connectivity index (χ4n) is 2.75. The summed E-state index contributed by atoms with van der Waals surface area (Å²) in [6.45, 7) is 2.47. The van der Waals surface area contributed by atoms with Crippen LogP contribution in [-0.2, 0) is 4.79 Å². The Balaban J connectivity index is 1.82. The Kier molecular flexibility index (Phi) is 5.22. The topological polar surface area (TPSA) is 78.4 Å². The van der Waals surface area contributed by atoms with Crippen LogP contribution in [0, 0.1) is 5.41 Å². The van der Waals surface area contributed by atoms with Crippen molar-refractivity contribution in [1.29, 1.82) is 0 Å². The molecule has 1 heterocycles. The maximum absolute atomic E-state index is 12.0. The number of carbonyl (C=O) groups excluding carboxylic acids is 1. The van der Waals surface area contributed by atoms with Crippen LogP contribution in [0.4, 0.5) is 4.79 Å². The normalized spacial score (nSPS) is 17.6.